The summed E-state index contributed by atoms with van der Waals surface area (Å²) in [5.74, 6) is -3.05. The van der Waals surface area contributed by atoms with Gasteiger partial charge in [-0.2, -0.15) is 5.26 Å². The zero-order valence-electron chi connectivity index (χ0n) is 11.9. The van der Waals surface area contributed by atoms with Crippen LogP contribution in [0.3, 0.4) is 0 Å². The van der Waals surface area contributed by atoms with Gasteiger partial charge in [-0.3, -0.25) is 4.79 Å². The summed E-state index contributed by atoms with van der Waals surface area (Å²) in [7, 11) is 0. The number of rotatable bonds is 3. The summed E-state index contributed by atoms with van der Waals surface area (Å²) in [6, 6.07) is 4.93. The smallest absolute Gasteiger partial charge is 0.157 e. The second-order valence-corrected chi connectivity index (χ2v) is 5.67. The zero-order chi connectivity index (χ0) is 15.2. The summed E-state index contributed by atoms with van der Waals surface area (Å²) in [5.41, 5.74) is -0.00837. The molecule has 1 aromatic carbocycles. The molecule has 1 aliphatic rings. The van der Waals surface area contributed by atoms with Crippen LogP contribution in [-0.4, -0.2) is 5.78 Å². The van der Waals surface area contributed by atoms with E-state index in [0.29, 0.717) is 0 Å². The van der Waals surface area contributed by atoms with E-state index in [0.717, 1.165) is 50.7 Å². The van der Waals surface area contributed by atoms with Crippen LogP contribution in [0.4, 0.5) is 8.78 Å². The minimum absolute atomic E-state index is 0.00837. The molecule has 0 spiro atoms. The molecule has 0 amide bonds. The highest BCUT2D eigenvalue weighted by Gasteiger charge is 2.30. The monoisotopic (exact) mass is 291 g/mol. The lowest BCUT2D eigenvalue weighted by molar-refractivity contribution is -0.123. The second kappa shape index (κ2) is 7.31. The third kappa shape index (κ3) is 3.87. The Kier molecular flexibility index (Phi) is 5.44. The fourth-order valence-electron chi connectivity index (χ4n) is 3.00. The number of hydrogen-bond acceptors (Lipinski definition) is 2. The number of carbonyl (C=O) groups is 1. The number of ketones is 1. The van der Waals surface area contributed by atoms with Crippen molar-refractivity contribution in [1.29, 1.82) is 5.26 Å². The Morgan fingerprint density at radius 2 is 1.76 bits per heavy atom. The molecule has 1 aromatic rings. The highest BCUT2D eigenvalue weighted by atomic mass is 19.1. The maximum Gasteiger partial charge on any atom is 0.157 e. The van der Waals surface area contributed by atoms with E-state index < -0.39 is 17.6 Å². The Labute approximate surface area is 123 Å². The van der Waals surface area contributed by atoms with E-state index in [4.69, 9.17) is 0 Å². The molecule has 0 aliphatic heterocycles. The average molecular weight is 291 g/mol. The van der Waals surface area contributed by atoms with Gasteiger partial charge in [-0.1, -0.05) is 38.2 Å². The van der Waals surface area contributed by atoms with Crippen LogP contribution < -0.4 is 0 Å². The fourth-order valence-corrected chi connectivity index (χ4v) is 3.00. The van der Waals surface area contributed by atoms with Crippen molar-refractivity contribution < 1.29 is 13.6 Å². The van der Waals surface area contributed by atoms with Crippen LogP contribution in [0.5, 0.6) is 0 Å². The molecule has 112 valence electrons. The maximum atomic E-state index is 13.8. The van der Waals surface area contributed by atoms with Gasteiger partial charge in [-0.15, -0.1) is 0 Å². The van der Waals surface area contributed by atoms with Gasteiger partial charge >= 0.3 is 0 Å². The predicted molar refractivity (Wildman–Crippen MR) is 75.5 cm³/mol. The Morgan fingerprint density at radius 3 is 2.33 bits per heavy atom. The molecule has 0 saturated heterocycles. The first-order valence-electron chi connectivity index (χ1n) is 7.51. The van der Waals surface area contributed by atoms with E-state index in [-0.39, 0.29) is 17.3 Å². The third-order valence-electron chi connectivity index (χ3n) is 4.19. The quantitative estimate of drug-likeness (QED) is 0.822. The summed E-state index contributed by atoms with van der Waals surface area (Å²) in [6.07, 6.45) is 6.87. The zero-order valence-corrected chi connectivity index (χ0v) is 11.9. The molecule has 21 heavy (non-hydrogen) atoms. The van der Waals surface area contributed by atoms with Crippen molar-refractivity contribution in [2.24, 2.45) is 5.92 Å². The molecule has 0 heterocycles. The van der Waals surface area contributed by atoms with Crippen molar-refractivity contribution >= 4 is 5.78 Å². The molecule has 0 bridgehead atoms. The number of nitriles is 1. The third-order valence-corrected chi connectivity index (χ3v) is 4.19. The molecule has 0 N–H and O–H groups in total. The number of hydrogen-bond donors (Lipinski definition) is 0. The minimum atomic E-state index is -1.13. The van der Waals surface area contributed by atoms with Crippen LogP contribution in [0.15, 0.2) is 18.2 Å². The van der Waals surface area contributed by atoms with Gasteiger partial charge in [0.15, 0.2) is 5.78 Å². The van der Waals surface area contributed by atoms with Crippen LogP contribution >= 0.6 is 0 Å². The van der Waals surface area contributed by atoms with Gasteiger partial charge in [-0.25, -0.2) is 8.78 Å². The second-order valence-electron chi connectivity index (χ2n) is 5.67. The van der Waals surface area contributed by atoms with Gasteiger partial charge in [0.2, 0.25) is 0 Å². The standard InChI is InChI=1S/C17H19F2NO/c18-13-8-9-14(16(19)10-13)15(11-20)17(21)12-6-4-2-1-3-5-7-12/h8-10,12,15H,1-7H2. The number of benzene rings is 1. The van der Waals surface area contributed by atoms with Gasteiger partial charge in [0.1, 0.15) is 17.6 Å². The van der Waals surface area contributed by atoms with Gasteiger partial charge in [0.25, 0.3) is 0 Å². The molecule has 4 heteroatoms. The van der Waals surface area contributed by atoms with Crippen LogP contribution in [-0.2, 0) is 4.79 Å². The topological polar surface area (TPSA) is 40.9 Å². The summed E-state index contributed by atoms with van der Waals surface area (Å²) < 4.78 is 26.8. The lowest BCUT2D eigenvalue weighted by Gasteiger charge is -2.21. The molecule has 1 saturated carbocycles. The minimum Gasteiger partial charge on any atom is -0.298 e. The fraction of sp³-hybridized carbons (Fsp3) is 0.529. The van der Waals surface area contributed by atoms with Crippen LogP contribution in [0.2, 0.25) is 0 Å². The Balaban J connectivity index is 2.19. The van der Waals surface area contributed by atoms with Crippen molar-refractivity contribution in [2.45, 2.75) is 50.9 Å². The van der Waals surface area contributed by atoms with E-state index >= 15 is 0 Å². The number of Topliss-reactive ketones (excluding diaryl/α,β-unsaturated/α-hetero) is 1. The van der Waals surface area contributed by atoms with E-state index in [1.807, 2.05) is 6.07 Å². The van der Waals surface area contributed by atoms with Crippen molar-refractivity contribution in [3.8, 4) is 6.07 Å². The first kappa shape index (κ1) is 15.6. The predicted octanol–water partition coefficient (Wildman–Crippen LogP) is 4.50. The van der Waals surface area contributed by atoms with Gasteiger partial charge < -0.3 is 0 Å². The van der Waals surface area contributed by atoms with Crippen LogP contribution in [0.25, 0.3) is 0 Å². The molecular formula is C17H19F2NO. The van der Waals surface area contributed by atoms with Gasteiger partial charge in [0, 0.05) is 17.5 Å². The van der Waals surface area contributed by atoms with E-state index in [1.165, 1.54) is 12.5 Å². The molecule has 0 radical (unpaired) electrons. The Morgan fingerprint density at radius 1 is 1.14 bits per heavy atom. The molecule has 1 atom stereocenters. The molecular weight excluding hydrogens is 272 g/mol. The molecule has 1 aliphatic carbocycles. The summed E-state index contributed by atoms with van der Waals surface area (Å²) >= 11 is 0. The first-order chi connectivity index (χ1) is 10.1. The lowest BCUT2D eigenvalue weighted by Crippen LogP contribution is -2.23. The largest absolute Gasteiger partial charge is 0.298 e. The van der Waals surface area contributed by atoms with E-state index in [1.54, 1.807) is 0 Å². The number of halogens is 2. The maximum absolute atomic E-state index is 13.8. The number of carbonyl (C=O) groups excluding carboxylic acids is 1. The summed E-state index contributed by atoms with van der Waals surface area (Å²) in [5, 5.41) is 9.27. The SMILES string of the molecule is N#CC(C(=O)C1CCCCCCC1)c1ccc(F)cc1F. The Bertz CT molecular complexity index is 542. The molecule has 1 fully saturated rings. The molecule has 2 nitrogen and oxygen atoms in total. The van der Waals surface area contributed by atoms with Crippen molar-refractivity contribution in [1.82, 2.24) is 0 Å². The van der Waals surface area contributed by atoms with Crippen molar-refractivity contribution in [3.05, 3.63) is 35.4 Å². The van der Waals surface area contributed by atoms with Crippen molar-refractivity contribution in [2.75, 3.05) is 0 Å². The molecule has 2 rings (SSSR count). The number of nitrogens with zero attached hydrogens (tertiary/aromatic N) is 1. The van der Waals surface area contributed by atoms with E-state index in [9.17, 15) is 18.8 Å². The highest BCUT2D eigenvalue weighted by molar-refractivity contribution is 5.90. The van der Waals surface area contributed by atoms with Crippen LogP contribution in [0.1, 0.15) is 56.4 Å². The summed E-state index contributed by atoms with van der Waals surface area (Å²) in [6.45, 7) is 0. The van der Waals surface area contributed by atoms with Gasteiger partial charge in [-0.05, 0) is 18.9 Å². The van der Waals surface area contributed by atoms with E-state index in [2.05, 4.69) is 0 Å². The summed E-state index contributed by atoms with van der Waals surface area (Å²) in [4.78, 5) is 12.5. The lowest BCUT2D eigenvalue weighted by atomic mass is 9.81. The first-order valence-corrected chi connectivity index (χ1v) is 7.51. The van der Waals surface area contributed by atoms with Crippen LogP contribution in [0, 0.1) is 28.9 Å². The van der Waals surface area contributed by atoms with Gasteiger partial charge in [0.05, 0.1) is 6.07 Å². The Hall–Kier alpha value is -1.76. The molecule has 0 aromatic heterocycles. The molecule has 1 unspecified atom stereocenters. The normalized spacial score (nSPS) is 18.3. The van der Waals surface area contributed by atoms with Crippen molar-refractivity contribution in [3.63, 3.8) is 0 Å². The average Bonchev–Trinajstić information content (AvgIpc) is 2.41. The highest BCUT2D eigenvalue weighted by Crippen LogP contribution is 2.30.